The van der Waals surface area contributed by atoms with Crippen LogP contribution in [0.5, 0.6) is 17.2 Å². The monoisotopic (exact) mass is 398 g/mol. The van der Waals surface area contributed by atoms with Crippen molar-refractivity contribution < 1.29 is 19.0 Å². The van der Waals surface area contributed by atoms with Crippen LogP contribution in [0.2, 0.25) is 0 Å². The Bertz CT molecular complexity index is 907. The third-order valence-corrected chi connectivity index (χ3v) is 4.72. The largest absolute Gasteiger partial charge is 0.494 e. The maximum Gasteiger partial charge on any atom is 0.264 e. The second-order valence-corrected chi connectivity index (χ2v) is 6.78. The van der Waals surface area contributed by atoms with Crippen LogP contribution in [-0.4, -0.2) is 31.4 Å². The predicted molar refractivity (Wildman–Crippen MR) is 113 cm³/mol. The number of ether oxygens (including phenoxy) is 3. The van der Waals surface area contributed by atoms with E-state index in [1.807, 2.05) is 62.4 Å². The van der Waals surface area contributed by atoms with Crippen LogP contribution >= 0.6 is 11.8 Å². The molecular formula is C21H22N2O4S. The number of nitrogens with zero attached hydrogens (tertiary/aromatic N) is 1. The lowest BCUT2D eigenvalue weighted by Crippen LogP contribution is -2.19. The summed E-state index contributed by atoms with van der Waals surface area (Å²) in [4.78, 5) is 17.3. The van der Waals surface area contributed by atoms with E-state index >= 15 is 0 Å². The van der Waals surface area contributed by atoms with Crippen molar-refractivity contribution >= 4 is 34.6 Å². The first-order valence-electron chi connectivity index (χ1n) is 8.96. The van der Waals surface area contributed by atoms with Crippen LogP contribution in [0.4, 0.5) is 5.69 Å². The normalized spacial score (nSPS) is 16.3. The minimum Gasteiger partial charge on any atom is -0.494 e. The summed E-state index contributed by atoms with van der Waals surface area (Å²) in [6.07, 6.45) is 1.81. The molecule has 0 aromatic heterocycles. The molecule has 146 valence electrons. The molecule has 0 atom stereocenters. The highest BCUT2D eigenvalue weighted by atomic mass is 32.2. The minimum atomic E-state index is -0.177. The molecule has 1 N–H and O–H groups in total. The predicted octanol–water partition coefficient (Wildman–Crippen LogP) is 4.38. The Kier molecular flexibility index (Phi) is 6.60. The van der Waals surface area contributed by atoms with Crippen LogP contribution in [0.1, 0.15) is 19.4 Å². The van der Waals surface area contributed by atoms with Crippen LogP contribution in [0, 0.1) is 0 Å². The van der Waals surface area contributed by atoms with Crippen molar-refractivity contribution in [1.29, 1.82) is 0 Å². The molecule has 7 heteroatoms. The van der Waals surface area contributed by atoms with E-state index in [4.69, 9.17) is 14.2 Å². The van der Waals surface area contributed by atoms with E-state index in [-0.39, 0.29) is 5.91 Å². The van der Waals surface area contributed by atoms with Gasteiger partial charge in [0.05, 0.1) is 30.9 Å². The zero-order valence-electron chi connectivity index (χ0n) is 16.0. The molecular weight excluding hydrogens is 376 g/mol. The molecule has 1 aliphatic heterocycles. The highest BCUT2D eigenvalue weighted by molar-refractivity contribution is 8.18. The summed E-state index contributed by atoms with van der Waals surface area (Å²) in [5.74, 6) is 1.92. The van der Waals surface area contributed by atoms with E-state index in [1.54, 1.807) is 7.11 Å². The summed E-state index contributed by atoms with van der Waals surface area (Å²) in [5, 5.41) is 3.33. The molecule has 2 aromatic rings. The van der Waals surface area contributed by atoms with Gasteiger partial charge in [-0.3, -0.25) is 4.79 Å². The molecule has 0 saturated carbocycles. The van der Waals surface area contributed by atoms with Gasteiger partial charge >= 0.3 is 0 Å². The van der Waals surface area contributed by atoms with Crippen LogP contribution < -0.4 is 19.5 Å². The number of nitrogens with one attached hydrogen (secondary N) is 1. The van der Waals surface area contributed by atoms with Gasteiger partial charge in [0, 0.05) is 0 Å². The van der Waals surface area contributed by atoms with E-state index in [0.29, 0.717) is 34.8 Å². The van der Waals surface area contributed by atoms with Gasteiger partial charge in [-0.2, -0.15) is 0 Å². The Labute approximate surface area is 168 Å². The van der Waals surface area contributed by atoms with Gasteiger partial charge in [-0.25, -0.2) is 4.99 Å². The van der Waals surface area contributed by atoms with Crippen molar-refractivity contribution in [3.8, 4) is 17.2 Å². The van der Waals surface area contributed by atoms with Gasteiger partial charge in [0.2, 0.25) is 0 Å². The minimum absolute atomic E-state index is 0.177. The maximum absolute atomic E-state index is 12.3. The number of hydrogen-bond acceptors (Lipinski definition) is 6. The van der Waals surface area contributed by atoms with E-state index in [2.05, 4.69) is 10.3 Å². The number of thioether (sulfide) groups is 1. The molecule has 1 fully saturated rings. The van der Waals surface area contributed by atoms with Crippen molar-refractivity contribution in [1.82, 2.24) is 5.32 Å². The van der Waals surface area contributed by atoms with Crippen molar-refractivity contribution in [3.63, 3.8) is 0 Å². The van der Waals surface area contributed by atoms with E-state index in [0.717, 1.165) is 17.0 Å². The molecule has 0 radical (unpaired) electrons. The molecule has 0 unspecified atom stereocenters. The maximum atomic E-state index is 12.3. The number of hydrogen-bond donors (Lipinski definition) is 1. The number of amidine groups is 1. The number of benzene rings is 2. The first-order valence-corrected chi connectivity index (χ1v) is 9.78. The van der Waals surface area contributed by atoms with E-state index < -0.39 is 0 Å². The van der Waals surface area contributed by atoms with Gasteiger partial charge in [0.1, 0.15) is 5.75 Å². The molecule has 2 aromatic carbocycles. The lowest BCUT2D eigenvalue weighted by atomic mass is 10.2. The summed E-state index contributed by atoms with van der Waals surface area (Å²) in [6.45, 7) is 5.00. The molecule has 1 saturated heterocycles. The number of carbonyl (C=O) groups is 1. The summed E-state index contributed by atoms with van der Waals surface area (Å²) >= 11 is 1.30. The zero-order valence-corrected chi connectivity index (χ0v) is 16.8. The smallest absolute Gasteiger partial charge is 0.264 e. The third kappa shape index (κ3) is 4.86. The number of carbonyl (C=O) groups excluding carboxylic acids is 1. The quantitative estimate of drug-likeness (QED) is 0.701. The van der Waals surface area contributed by atoms with Gasteiger partial charge in [-0.15, -0.1) is 0 Å². The van der Waals surface area contributed by atoms with Gasteiger partial charge < -0.3 is 19.5 Å². The molecule has 3 rings (SSSR count). The number of methoxy groups -OCH3 is 1. The summed E-state index contributed by atoms with van der Waals surface area (Å²) in [5.41, 5.74) is 1.60. The van der Waals surface area contributed by atoms with Gasteiger partial charge in [0.25, 0.3) is 5.91 Å². The Morgan fingerprint density at radius 2 is 1.79 bits per heavy atom. The van der Waals surface area contributed by atoms with Gasteiger partial charge in [-0.1, -0.05) is 6.07 Å². The molecule has 28 heavy (non-hydrogen) atoms. The second kappa shape index (κ2) is 9.32. The van der Waals surface area contributed by atoms with Crippen molar-refractivity contribution in [2.24, 2.45) is 4.99 Å². The highest BCUT2D eigenvalue weighted by Crippen LogP contribution is 2.32. The topological polar surface area (TPSA) is 69.2 Å². The summed E-state index contributed by atoms with van der Waals surface area (Å²) in [7, 11) is 1.60. The van der Waals surface area contributed by atoms with Crippen molar-refractivity contribution in [3.05, 3.63) is 52.9 Å². The average Bonchev–Trinajstić information content (AvgIpc) is 3.03. The summed E-state index contributed by atoms with van der Waals surface area (Å²) < 4.78 is 16.3. The Morgan fingerprint density at radius 1 is 1.04 bits per heavy atom. The van der Waals surface area contributed by atoms with Crippen LogP contribution in [-0.2, 0) is 4.79 Å². The highest BCUT2D eigenvalue weighted by Gasteiger charge is 2.24. The standard InChI is InChI=1S/C21H22N2O4S/c1-4-26-16-9-7-15(8-10-16)22-21-23-20(24)19(28-21)13-14-6-11-17(25-3)18(12-14)27-5-2/h6-13H,4-5H2,1-3H3,(H,22,23,24)/b19-13+. The summed E-state index contributed by atoms with van der Waals surface area (Å²) in [6, 6.07) is 13.0. The Balaban J connectivity index is 1.77. The first kappa shape index (κ1) is 19.8. The van der Waals surface area contributed by atoms with Crippen LogP contribution in [0.3, 0.4) is 0 Å². The molecule has 6 nitrogen and oxygen atoms in total. The molecule has 1 heterocycles. The van der Waals surface area contributed by atoms with E-state index in [1.165, 1.54) is 11.8 Å². The number of aliphatic imine (C=N–C) groups is 1. The fraction of sp³-hybridized carbons (Fsp3) is 0.238. The SMILES string of the molecule is CCOc1ccc(N=C2NC(=O)/C(=C\c3ccc(OC)c(OCC)c3)S2)cc1. The first-order chi connectivity index (χ1) is 13.6. The molecule has 1 amide bonds. The number of rotatable bonds is 7. The van der Waals surface area contributed by atoms with Gasteiger partial charge in [-0.05, 0) is 73.6 Å². The molecule has 0 spiro atoms. The lowest BCUT2D eigenvalue weighted by Gasteiger charge is -2.09. The second-order valence-electron chi connectivity index (χ2n) is 5.75. The Morgan fingerprint density at radius 3 is 2.46 bits per heavy atom. The molecule has 0 bridgehead atoms. The average molecular weight is 398 g/mol. The molecule has 1 aliphatic rings. The van der Waals surface area contributed by atoms with Crippen LogP contribution in [0.15, 0.2) is 52.4 Å². The Hall–Kier alpha value is -2.93. The van der Waals surface area contributed by atoms with Crippen molar-refractivity contribution in [2.75, 3.05) is 20.3 Å². The fourth-order valence-electron chi connectivity index (χ4n) is 2.58. The third-order valence-electron chi connectivity index (χ3n) is 3.81. The van der Waals surface area contributed by atoms with Gasteiger partial charge in [0.15, 0.2) is 16.7 Å². The van der Waals surface area contributed by atoms with Crippen LogP contribution in [0.25, 0.3) is 6.08 Å². The zero-order chi connectivity index (χ0) is 19.9. The molecule has 0 aliphatic carbocycles. The fourth-order valence-corrected chi connectivity index (χ4v) is 3.43. The lowest BCUT2D eigenvalue weighted by molar-refractivity contribution is -0.115. The van der Waals surface area contributed by atoms with E-state index in [9.17, 15) is 4.79 Å². The van der Waals surface area contributed by atoms with Crippen molar-refractivity contribution in [2.45, 2.75) is 13.8 Å². The number of amides is 1.